The summed E-state index contributed by atoms with van der Waals surface area (Å²) >= 11 is 6.18. The highest BCUT2D eigenvalue weighted by Crippen LogP contribution is 2.35. The lowest BCUT2D eigenvalue weighted by Gasteiger charge is -2.22. The van der Waals surface area contributed by atoms with E-state index >= 15 is 0 Å². The fraction of sp³-hybridized carbons (Fsp3) is 0.296. The van der Waals surface area contributed by atoms with Gasteiger partial charge in [-0.2, -0.15) is 13.9 Å². The van der Waals surface area contributed by atoms with Gasteiger partial charge in [-0.3, -0.25) is 19.1 Å². The molecule has 4 heterocycles. The number of carbonyl (C=O) groups excluding carboxylic acids is 1. The lowest BCUT2D eigenvalue weighted by atomic mass is 9.97. The molecule has 0 aliphatic carbocycles. The molecule has 5 rings (SSSR count). The van der Waals surface area contributed by atoms with Gasteiger partial charge < -0.3 is 11.1 Å². The number of rotatable bonds is 4. The average Bonchev–Trinajstić information content (AvgIpc) is 3.34. The number of hydrogen-bond donors (Lipinski definition) is 2. The second-order valence-corrected chi connectivity index (χ2v) is 9.90. The Kier molecular flexibility index (Phi) is 7.53. The van der Waals surface area contributed by atoms with Gasteiger partial charge in [0.15, 0.2) is 0 Å². The molecule has 0 saturated heterocycles. The van der Waals surface area contributed by atoms with Crippen LogP contribution in [0.1, 0.15) is 50.0 Å². The molecule has 0 spiro atoms. The molecule has 0 fully saturated rings. The number of benzene rings is 1. The van der Waals surface area contributed by atoms with Crippen molar-refractivity contribution in [2.75, 3.05) is 5.32 Å². The summed E-state index contributed by atoms with van der Waals surface area (Å²) in [5.41, 5.74) is 8.58. The first-order valence-electron chi connectivity index (χ1n) is 12.5. The minimum Gasteiger partial charge on any atom is -0.326 e. The third kappa shape index (κ3) is 5.32. The molecule has 0 radical (unpaired) electrons. The van der Waals surface area contributed by atoms with Crippen molar-refractivity contribution >= 4 is 23.2 Å². The number of halogens is 3. The predicted molar refractivity (Wildman–Crippen MR) is 143 cm³/mol. The zero-order valence-corrected chi connectivity index (χ0v) is 21.8. The Balaban J connectivity index is 1.62. The number of carbonyl (C=O) groups is 1. The van der Waals surface area contributed by atoms with Crippen LogP contribution >= 0.6 is 11.6 Å². The summed E-state index contributed by atoms with van der Waals surface area (Å²) in [6.07, 6.45) is 5.76. The molecule has 1 aliphatic heterocycles. The fourth-order valence-corrected chi connectivity index (χ4v) is 5.03. The summed E-state index contributed by atoms with van der Waals surface area (Å²) in [5, 5.41) is 7.03. The van der Waals surface area contributed by atoms with Crippen LogP contribution in [-0.4, -0.2) is 30.2 Å². The first-order chi connectivity index (χ1) is 18.8. The molecule has 3 N–H and O–H groups in total. The minimum atomic E-state index is -2.92. The van der Waals surface area contributed by atoms with E-state index in [2.05, 4.69) is 20.4 Å². The van der Waals surface area contributed by atoms with Gasteiger partial charge in [-0.1, -0.05) is 31.0 Å². The molecule has 1 amide bonds. The van der Waals surface area contributed by atoms with E-state index < -0.39 is 18.5 Å². The van der Waals surface area contributed by atoms with E-state index in [4.69, 9.17) is 17.3 Å². The van der Waals surface area contributed by atoms with Crippen LogP contribution in [0.3, 0.4) is 0 Å². The number of amides is 1. The molecule has 9 nitrogen and oxygen atoms in total. The van der Waals surface area contributed by atoms with Gasteiger partial charge in [-0.15, -0.1) is 0 Å². The van der Waals surface area contributed by atoms with E-state index in [9.17, 15) is 18.4 Å². The highest BCUT2D eigenvalue weighted by Gasteiger charge is 2.26. The van der Waals surface area contributed by atoms with Gasteiger partial charge in [0.1, 0.15) is 0 Å². The van der Waals surface area contributed by atoms with Crippen LogP contribution in [0.5, 0.6) is 0 Å². The van der Waals surface area contributed by atoms with Crippen molar-refractivity contribution in [3.63, 3.8) is 0 Å². The number of aromatic nitrogens is 5. The maximum absolute atomic E-state index is 13.8. The minimum absolute atomic E-state index is 0.0598. The van der Waals surface area contributed by atoms with Crippen molar-refractivity contribution in [3.05, 3.63) is 81.8 Å². The molecule has 0 saturated carbocycles. The van der Waals surface area contributed by atoms with Gasteiger partial charge in [0.2, 0.25) is 5.91 Å². The summed E-state index contributed by atoms with van der Waals surface area (Å²) in [6, 6.07) is 9.32. The van der Waals surface area contributed by atoms with Crippen molar-refractivity contribution in [1.29, 1.82) is 0 Å². The summed E-state index contributed by atoms with van der Waals surface area (Å²) in [5.74, 6) is -0.689. The second-order valence-electron chi connectivity index (χ2n) is 9.46. The number of nitrogens with two attached hydrogens (primary N) is 1. The first-order valence-corrected chi connectivity index (χ1v) is 12.8. The third-order valence-corrected chi connectivity index (χ3v) is 7.17. The van der Waals surface area contributed by atoms with Crippen molar-refractivity contribution in [2.24, 2.45) is 11.7 Å². The molecule has 1 aromatic carbocycles. The van der Waals surface area contributed by atoms with Gasteiger partial charge in [0.25, 0.3) is 5.56 Å². The molecule has 12 heteroatoms. The largest absolute Gasteiger partial charge is 0.333 e. The molecule has 39 heavy (non-hydrogen) atoms. The molecular weight excluding hydrogens is 528 g/mol. The number of nitrogens with one attached hydrogen (secondary N) is 1. The monoisotopic (exact) mass is 553 g/mol. The smallest absolute Gasteiger partial charge is 0.326 e. The van der Waals surface area contributed by atoms with E-state index in [0.29, 0.717) is 51.5 Å². The Bertz CT molecular complexity index is 1590. The quantitative estimate of drug-likeness (QED) is 0.366. The van der Waals surface area contributed by atoms with Crippen LogP contribution in [0.2, 0.25) is 5.02 Å². The maximum Gasteiger partial charge on any atom is 0.333 e. The lowest BCUT2D eigenvalue weighted by molar-refractivity contribution is -0.119. The number of hydrogen-bond acceptors (Lipinski definition) is 6. The average molecular weight is 554 g/mol. The number of fused-ring (bicyclic) bond motifs is 4. The Hall–Kier alpha value is -3.96. The van der Waals surface area contributed by atoms with Crippen molar-refractivity contribution in [3.8, 4) is 22.5 Å². The predicted octanol–water partition coefficient (Wildman–Crippen LogP) is 5.02. The highest BCUT2D eigenvalue weighted by atomic mass is 35.5. The number of alkyl halides is 2. The molecular formula is C27H26ClF2N7O2. The molecule has 2 atom stereocenters. The molecule has 3 aromatic heterocycles. The third-order valence-electron chi connectivity index (χ3n) is 6.94. The van der Waals surface area contributed by atoms with Crippen LogP contribution in [0.4, 0.5) is 14.5 Å². The van der Waals surface area contributed by atoms with Crippen molar-refractivity contribution in [2.45, 2.75) is 45.3 Å². The maximum atomic E-state index is 13.8. The zero-order valence-electron chi connectivity index (χ0n) is 21.0. The van der Waals surface area contributed by atoms with Crippen LogP contribution in [0.25, 0.3) is 22.5 Å². The fourth-order valence-electron chi connectivity index (χ4n) is 4.86. The van der Waals surface area contributed by atoms with E-state index in [-0.39, 0.29) is 29.4 Å². The molecule has 2 bridgehead atoms. The first kappa shape index (κ1) is 26.6. The van der Waals surface area contributed by atoms with Gasteiger partial charge in [0, 0.05) is 40.9 Å². The van der Waals surface area contributed by atoms with Crippen LogP contribution in [0, 0.1) is 5.92 Å². The van der Waals surface area contributed by atoms with Crippen molar-refractivity contribution < 1.29 is 13.6 Å². The number of pyridine rings is 1. The lowest BCUT2D eigenvalue weighted by Crippen LogP contribution is -2.27. The molecule has 4 aromatic rings. The standard InChI is InChI=1S/C27H26ClF2N7O2/c1-15-3-2-4-23(36-14-33-20(11-24(36)38)19-10-18(28)6-5-17(19)12-31)21-9-16(7-8-32-21)25-22(35-26(15)39)13-34-37(25)27(29)30/h5-11,13-15,23,27H,2-4,12,31H2,1H3,(H,35,39). The summed E-state index contributed by atoms with van der Waals surface area (Å²) in [6.45, 7) is -0.903. The van der Waals surface area contributed by atoms with Gasteiger partial charge in [-0.25, -0.2) is 9.67 Å². The normalized spacial score (nSPS) is 17.7. The van der Waals surface area contributed by atoms with E-state index in [1.165, 1.54) is 29.4 Å². The van der Waals surface area contributed by atoms with E-state index in [1.807, 2.05) is 0 Å². The van der Waals surface area contributed by atoms with Gasteiger partial charge in [0.05, 0.1) is 41.3 Å². The van der Waals surface area contributed by atoms with Crippen molar-refractivity contribution in [1.82, 2.24) is 24.3 Å². The zero-order chi connectivity index (χ0) is 27.7. The second kappa shape index (κ2) is 11.0. The molecule has 2 unspecified atom stereocenters. The van der Waals surface area contributed by atoms with Crippen LogP contribution in [-0.2, 0) is 11.3 Å². The Morgan fingerprint density at radius 1 is 1.15 bits per heavy atom. The topological polar surface area (TPSA) is 121 Å². The van der Waals surface area contributed by atoms with E-state index in [0.717, 1.165) is 5.56 Å². The van der Waals surface area contributed by atoms with Crippen LogP contribution in [0.15, 0.2) is 59.9 Å². The number of anilines is 1. The van der Waals surface area contributed by atoms with Crippen LogP contribution < -0.4 is 16.6 Å². The SMILES string of the molecule is CC1CCCC(n2cnc(-c3cc(Cl)ccc3CN)cc2=O)c2cc(ccn2)-c2c(cnn2C(F)F)NC1=O. The van der Waals surface area contributed by atoms with Gasteiger partial charge >= 0.3 is 6.55 Å². The summed E-state index contributed by atoms with van der Waals surface area (Å²) < 4.78 is 29.7. The Labute approximate surface area is 227 Å². The molecule has 1 aliphatic rings. The van der Waals surface area contributed by atoms with E-state index in [1.54, 1.807) is 37.3 Å². The summed E-state index contributed by atoms with van der Waals surface area (Å²) in [7, 11) is 0. The summed E-state index contributed by atoms with van der Waals surface area (Å²) in [4.78, 5) is 35.3. The molecule has 202 valence electrons. The van der Waals surface area contributed by atoms with Gasteiger partial charge in [-0.05, 0) is 42.7 Å². The number of nitrogens with zero attached hydrogens (tertiary/aromatic N) is 5. The Morgan fingerprint density at radius 2 is 1.97 bits per heavy atom. The highest BCUT2D eigenvalue weighted by molar-refractivity contribution is 6.30. The Morgan fingerprint density at radius 3 is 2.72 bits per heavy atom.